The van der Waals surface area contributed by atoms with Gasteiger partial charge in [0.05, 0.1) is 25.4 Å². The maximum Gasteiger partial charge on any atom is 0.303 e. The summed E-state index contributed by atoms with van der Waals surface area (Å²) in [5, 5.41) is 59.9. The average Bonchev–Trinajstić information content (AvgIpc) is 2.66. The molecule has 11 heteroatoms. The third-order valence-electron chi connectivity index (χ3n) is 4.78. The Morgan fingerprint density at radius 1 is 0.742 bits per heavy atom. The summed E-state index contributed by atoms with van der Waals surface area (Å²) in [6.07, 6.45) is 0.0852. The maximum absolute atomic E-state index is 10.2. The topological polar surface area (TPSA) is 211 Å². The zero-order valence-electron chi connectivity index (χ0n) is 19.2. The van der Waals surface area contributed by atoms with Gasteiger partial charge in [-0.15, -0.1) is 0 Å². The van der Waals surface area contributed by atoms with Gasteiger partial charge in [0.2, 0.25) is 0 Å². The van der Waals surface area contributed by atoms with Gasteiger partial charge in [-0.1, -0.05) is 27.7 Å². The molecule has 0 saturated heterocycles. The van der Waals surface area contributed by atoms with E-state index in [1.54, 1.807) is 27.7 Å². The fourth-order valence-corrected chi connectivity index (χ4v) is 1.97. The van der Waals surface area contributed by atoms with Crippen molar-refractivity contribution in [2.45, 2.75) is 65.6 Å². The molecule has 31 heavy (non-hydrogen) atoms. The first-order valence-electron chi connectivity index (χ1n) is 10.2. The van der Waals surface area contributed by atoms with Crippen molar-refractivity contribution in [3.8, 4) is 0 Å². The molecule has 0 rings (SSSR count). The van der Waals surface area contributed by atoms with E-state index in [1.165, 1.54) is 0 Å². The summed E-state index contributed by atoms with van der Waals surface area (Å²) in [6, 6.07) is 0. The molecule has 0 heterocycles. The molecule has 0 spiro atoms. The molecule has 0 aliphatic carbocycles. The Kier molecular flexibility index (Phi) is 20.2. The first kappa shape index (κ1) is 34.3. The monoisotopic (exact) mass is 456 g/mol. The fraction of sp³-hybridized carbons (Fsp3) is 0.900. The summed E-state index contributed by atoms with van der Waals surface area (Å²) in [6.45, 7) is 8.80. The van der Waals surface area contributed by atoms with Crippen LogP contribution in [-0.4, -0.2) is 99.7 Å². The lowest BCUT2D eigenvalue weighted by Gasteiger charge is -2.28. The van der Waals surface area contributed by atoms with Crippen molar-refractivity contribution in [2.75, 3.05) is 39.4 Å². The van der Waals surface area contributed by atoms with E-state index < -0.39 is 35.0 Å². The highest BCUT2D eigenvalue weighted by atomic mass is 16.4. The van der Waals surface area contributed by atoms with Gasteiger partial charge in [0, 0.05) is 36.8 Å². The summed E-state index contributed by atoms with van der Waals surface area (Å²) in [4.78, 5) is 20.4. The number of aliphatic hydroxyl groups excluding tert-OH is 4. The summed E-state index contributed by atoms with van der Waals surface area (Å²) in [5.41, 5.74) is -1.06. The number of hydrogen-bond acceptors (Lipinski definition) is 8. The van der Waals surface area contributed by atoms with Crippen LogP contribution in [0.2, 0.25) is 0 Å². The average molecular weight is 457 g/mol. The Hall–Kier alpha value is -1.34. The van der Waals surface area contributed by atoms with Crippen LogP contribution < -0.4 is 10.6 Å². The van der Waals surface area contributed by atoms with Gasteiger partial charge < -0.3 is 46.7 Å². The van der Waals surface area contributed by atoms with E-state index in [9.17, 15) is 19.8 Å². The molecule has 0 aliphatic heterocycles. The minimum atomic E-state index is -0.812. The van der Waals surface area contributed by atoms with E-state index >= 15 is 0 Å². The van der Waals surface area contributed by atoms with Gasteiger partial charge in [0.15, 0.2) is 0 Å². The molecule has 0 aromatic rings. The third-order valence-corrected chi connectivity index (χ3v) is 4.78. The van der Waals surface area contributed by atoms with Crippen LogP contribution in [0.4, 0.5) is 0 Å². The number of hydrogen-bond donors (Lipinski definition) is 8. The first-order chi connectivity index (χ1) is 13.8. The summed E-state index contributed by atoms with van der Waals surface area (Å²) in [7, 11) is 0. The Bertz CT molecular complexity index is 432. The molecule has 2 atom stereocenters. The zero-order chi connectivity index (χ0) is 23.8. The summed E-state index contributed by atoms with van der Waals surface area (Å²) in [5.74, 6) is -1.62. The lowest BCUT2D eigenvalue weighted by atomic mass is 9.87. The molecule has 188 valence electrons. The van der Waals surface area contributed by atoms with Crippen LogP contribution in [0, 0.1) is 10.8 Å². The van der Waals surface area contributed by atoms with Crippen molar-refractivity contribution >= 4 is 11.9 Å². The first-order valence-corrected chi connectivity index (χ1v) is 10.2. The second-order valence-corrected chi connectivity index (χ2v) is 8.73. The molecular weight excluding hydrogens is 412 g/mol. The smallest absolute Gasteiger partial charge is 0.303 e. The number of carboxylic acid groups (broad SMARTS) is 2. The zero-order valence-corrected chi connectivity index (χ0v) is 19.2. The van der Waals surface area contributed by atoms with Crippen LogP contribution >= 0.6 is 0 Å². The molecule has 0 radical (unpaired) electrons. The molecular formula is C20H44N2O9. The van der Waals surface area contributed by atoms with Crippen LogP contribution in [0.25, 0.3) is 0 Å². The number of carbonyl (C=O) groups is 2. The highest BCUT2D eigenvalue weighted by Gasteiger charge is 2.27. The second-order valence-electron chi connectivity index (χ2n) is 8.73. The van der Waals surface area contributed by atoms with Gasteiger partial charge in [-0.05, 0) is 25.9 Å². The number of aliphatic hydroxyl groups is 4. The second kappa shape index (κ2) is 18.3. The fourth-order valence-electron chi connectivity index (χ4n) is 1.97. The minimum Gasteiger partial charge on any atom is -0.481 e. The lowest BCUT2D eigenvalue weighted by Crippen LogP contribution is -2.40. The van der Waals surface area contributed by atoms with Gasteiger partial charge in [0.1, 0.15) is 0 Å². The summed E-state index contributed by atoms with van der Waals surface area (Å²) < 4.78 is 0. The van der Waals surface area contributed by atoms with Crippen molar-refractivity contribution in [1.82, 2.24) is 10.6 Å². The van der Waals surface area contributed by atoms with E-state index in [0.717, 1.165) is 0 Å². The van der Waals surface area contributed by atoms with Crippen LogP contribution in [0.15, 0.2) is 0 Å². The molecule has 0 aliphatic rings. The molecule has 0 aromatic carbocycles. The lowest BCUT2D eigenvalue weighted by molar-refractivity contribution is -0.138. The minimum absolute atomic E-state index is 0. The predicted molar refractivity (Wildman–Crippen MR) is 117 cm³/mol. The van der Waals surface area contributed by atoms with Crippen LogP contribution in [0.1, 0.15) is 53.4 Å². The molecule has 0 saturated carbocycles. The summed E-state index contributed by atoms with van der Waals surface area (Å²) >= 11 is 0. The van der Waals surface area contributed by atoms with E-state index in [0.29, 0.717) is 39.0 Å². The molecule has 2 unspecified atom stereocenters. The van der Waals surface area contributed by atoms with E-state index in [1.807, 2.05) is 0 Å². The predicted octanol–water partition coefficient (Wildman–Crippen LogP) is -1.18. The van der Waals surface area contributed by atoms with Gasteiger partial charge in [0.25, 0.3) is 0 Å². The third kappa shape index (κ3) is 19.1. The number of aliphatic carboxylic acids is 2. The highest BCUT2D eigenvalue weighted by molar-refractivity contribution is 5.66. The van der Waals surface area contributed by atoms with Crippen molar-refractivity contribution in [1.29, 1.82) is 0 Å². The molecule has 0 aromatic heterocycles. The maximum atomic E-state index is 10.2. The molecule has 11 nitrogen and oxygen atoms in total. The Balaban J connectivity index is -0.000000490. The van der Waals surface area contributed by atoms with Gasteiger partial charge >= 0.3 is 11.9 Å². The number of nitrogens with one attached hydrogen (secondary N) is 2. The van der Waals surface area contributed by atoms with Crippen molar-refractivity contribution < 1.29 is 45.7 Å². The van der Waals surface area contributed by atoms with E-state index in [4.69, 9.17) is 20.4 Å². The molecule has 0 fully saturated rings. The largest absolute Gasteiger partial charge is 0.481 e. The number of carboxylic acids is 2. The standard InChI is InChI=1S/2C10H21NO4.H2O/c2*1-10(2,7-12)8(13)6-11-5-3-4-9(14)15;/h2*8,11-13H,3-7H2,1-2H3,(H,14,15);1H2. The van der Waals surface area contributed by atoms with Crippen LogP contribution in [-0.2, 0) is 9.59 Å². The molecule has 0 bridgehead atoms. The van der Waals surface area contributed by atoms with Crippen molar-refractivity contribution in [2.24, 2.45) is 10.8 Å². The van der Waals surface area contributed by atoms with E-state index in [2.05, 4.69) is 10.6 Å². The molecule has 10 N–H and O–H groups in total. The number of rotatable bonds is 16. The Morgan fingerprint density at radius 3 is 1.26 bits per heavy atom. The Morgan fingerprint density at radius 2 is 1.03 bits per heavy atom. The van der Waals surface area contributed by atoms with Gasteiger partial charge in [-0.25, -0.2) is 0 Å². The highest BCUT2D eigenvalue weighted by Crippen LogP contribution is 2.19. The van der Waals surface area contributed by atoms with Crippen LogP contribution in [0.3, 0.4) is 0 Å². The van der Waals surface area contributed by atoms with Gasteiger partial charge in [-0.2, -0.15) is 0 Å². The normalized spacial score (nSPS) is 13.4. The van der Waals surface area contributed by atoms with Crippen molar-refractivity contribution in [3.63, 3.8) is 0 Å². The van der Waals surface area contributed by atoms with Crippen molar-refractivity contribution in [3.05, 3.63) is 0 Å². The Labute approximate surface area is 184 Å². The van der Waals surface area contributed by atoms with Crippen LogP contribution in [0.5, 0.6) is 0 Å². The quantitative estimate of drug-likeness (QED) is 0.130. The van der Waals surface area contributed by atoms with Gasteiger partial charge in [-0.3, -0.25) is 9.59 Å². The molecule has 0 amide bonds. The van der Waals surface area contributed by atoms with E-state index in [-0.39, 0.29) is 31.5 Å². The SMILES string of the molecule is CC(C)(CO)C(O)CNCCCC(=O)O.CC(C)(CO)C(O)CNCCCC(=O)O.O.